The van der Waals surface area contributed by atoms with Crippen molar-refractivity contribution >= 4 is 17.6 Å². The maximum atomic E-state index is 13.4. The summed E-state index contributed by atoms with van der Waals surface area (Å²) in [5, 5.41) is 9.14. The first-order chi connectivity index (χ1) is 9.09. The van der Waals surface area contributed by atoms with Crippen molar-refractivity contribution in [3.63, 3.8) is 0 Å². The van der Waals surface area contributed by atoms with Crippen molar-refractivity contribution in [1.29, 1.82) is 0 Å². The first kappa shape index (κ1) is 13.4. The number of hydrogen-bond acceptors (Lipinski definition) is 2. The average Bonchev–Trinajstić information content (AvgIpc) is 2.37. The number of ether oxygens (including phenoxy) is 1. The van der Waals surface area contributed by atoms with Crippen LogP contribution in [0.5, 0.6) is 5.75 Å². The number of hydrogen-bond donors (Lipinski definition) is 1. The lowest BCUT2D eigenvalue weighted by molar-refractivity contribution is 0.0692. The van der Waals surface area contributed by atoms with E-state index in [2.05, 4.69) is 0 Å². The summed E-state index contributed by atoms with van der Waals surface area (Å²) in [5.74, 6) is -1.47. The number of carboxylic acid groups (broad SMARTS) is 1. The predicted molar refractivity (Wildman–Crippen MR) is 69.1 cm³/mol. The van der Waals surface area contributed by atoms with Crippen molar-refractivity contribution in [2.24, 2.45) is 0 Å². The van der Waals surface area contributed by atoms with Crippen LogP contribution in [0.1, 0.15) is 15.9 Å². The normalized spacial score (nSPS) is 10.2. The molecular formula is C14H10ClFO3. The van der Waals surface area contributed by atoms with E-state index in [1.165, 1.54) is 18.2 Å². The molecule has 19 heavy (non-hydrogen) atoms. The molecule has 0 aliphatic heterocycles. The lowest BCUT2D eigenvalue weighted by Gasteiger charge is -2.10. The highest BCUT2D eigenvalue weighted by atomic mass is 35.5. The molecular weight excluding hydrogens is 271 g/mol. The molecule has 0 saturated heterocycles. The van der Waals surface area contributed by atoms with Crippen LogP contribution in [0, 0.1) is 5.82 Å². The Bertz CT molecular complexity index is 613. The number of aromatic carboxylic acids is 1. The molecule has 98 valence electrons. The van der Waals surface area contributed by atoms with Crippen molar-refractivity contribution in [1.82, 2.24) is 0 Å². The molecule has 0 fully saturated rings. The molecule has 1 N–H and O–H groups in total. The Morgan fingerprint density at radius 1 is 1.21 bits per heavy atom. The summed E-state index contributed by atoms with van der Waals surface area (Å²) in [6.45, 7) is -0.0622. The molecule has 0 amide bonds. The average molecular weight is 281 g/mol. The topological polar surface area (TPSA) is 46.5 Å². The van der Waals surface area contributed by atoms with Crippen LogP contribution < -0.4 is 4.74 Å². The fraction of sp³-hybridized carbons (Fsp3) is 0.0714. The molecule has 0 saturated carbocycles. The maximum absolute atomic E-state index is 13.4. The Kier molecular flexibility index (Phi) is 4.02. The lowest BCUT2D eigenvalue weighted by Crippen LogP contribution is -2.05. The van der Waals surface area contributed by atoms with E-state index in [1.807, 2.05) is 0 Å². The molecule has 0 bridgehead atoms. The Hall–Kier alpha value is -2.07. The van der Waals surface area contributed by atoms with Gasteiger partial charge < -0.3 is 9.84 Å². The highest BCUT2D eigenvalue weighted by molar-refractivity contribution is 6.33. The van der Waals surface area contributed by atoms with Gasteiger partial charge in [0.2, 0.25) is 0 Å². The molecule has 0 radical (unpaired) electrons. The Morgan fingerprint density at radius 2 is 1.95 bits per heavy atom. The van der Waals surface area contributed by atoms with Gasteiger partial charge in [-0.3, -0.25) is 0 Å². The summed E-state index contributed by atoms with van der Waals surface area (Å²) < 4.78 is 18.7. The molecule has 0 spiro atoms. The van der Waals surface area contributed by atoms with E-state index in [-0.39, 0.29) is 22.9 Å². The third kappa shape index (κ3) is 3.03. The van der Waals surface area contributed by atoms with E-state index in [4.69, 9.17) is 21.4 Å². The van der Waals surface area contributed by atoms with Crippen LogP contribution in [-0.2, 0) is 6.61 Å². The minimum atomic E-state index is -1.19. The molecule has 3 nitrogen and oxygen atoms in total. The van der Waals surface area contributed by atoms with Crippen molar-refractivity contribution in [3.8, 4) is 5.75 Å². The van der Waals surface area contributed by atoms with Crippen LogP contribution in [0.4, 0.5) is 4.39 Å². The fourth-order valence-electron chi connectivity index (χ4n) is 1.60. The summed E-state index contributed by atoms with van der Waals surface area (Å²) in [7, 11) is 0. The summed E-state index contributed by atoms with van der Waals surface area (Å²) in [6.07, 6.45) is 0. The number of benzene rings is 2. The first-order valence-corrected chi connectivity index (χ1v) is 5.85. The van der Waals surface area contributed by atoms with Crippen molar-refractivity contribution < 1.29 is 19.0 Å². The summed E-state index contributed by atoms with van der Waals surface area (Å²) in [5.41, 5.74) is 0.222. The van der Waals surface area contributed by atoms with E-state index in [0.29, 0.717) is 5.56 Å². The number of carboxylic acids is 1. The van der Waals surface area contributed by atoms with Crippen LogP contribution in [0.15, 0.2) is 42.5 Å². The Morgan fingerprint density at radius 3 is 2.63 bits per heavy atom. The van der Waals surface area contributed by atoms with Crippen LogP contribution in [0.25, 0.3) is 0 Å². The smallest absolute Gasteiger partial charge is 0.341 e. The van der Waals surface area contributed by atoms with Crippen LogP contribution in [-0.4, -0.2) is 11.1 Å². The second-order valence-electron chi connectivity index (χ2n) is 3.80. The van der Waals surface area contributed by atoms with Gasteiger partial charge in [0.15, 0.2) is 0 Å². The third-order valence-electron chi connectivity index (χ3n) is 2.53. The minimum absolute atomic E-state index is 0.0622. The molecule has 0 aliphatic rings. The van der Waals surface area contributed by atoms with Crippen molar-refractivity contribution in [2.45, 2.75) is 6.61 Å². The van der Waals surface area contributed by atoms with E-state index >= 15 is 0 Å². The van der Waals surface area contributed by atoms with Gasteiger partial charge in [0.25, 0.3) is 0 Å². The zero-order chi connectivity index (χ0) is 13.8. The second kappa shape index (κ2) is 5.71. The van der Waals surface area contributed by atoms with E-state index < -0.39 is 11.8 Å². The van der Waals surface area contributed by atoms with Gasteiger partial charge in [-0.05, 0) is 18.2 Å². The highest BCUT2D eigenvalue weighted by Gasteiger charge is 2.15. The SMILES string of the molecule is O=C(O)c1c(Cl)cccc1OCc1ccccc1F. The van der Waals surface area contributed by atoms with Gasteiger partial charge >= 0.3 is 5.97 Å². The van der Waals surface area contributed by atoms with Gasteiger partial charge in [-0.15, -0.1) is 0 Å². The van der Waals surface area contributed by atoms with Crippen LogP contribution in [0.2, 0.25) is 5.02 Å². The first-order valence-electron chi connectivity index (χ1n) is 5.47. The Balaban J connectivity index is 2.23. The van der Waals surface area contributed by atoms with E-state index in [1.54, 1.807) is 24.3 Å². The summed E-state index contributed by atoms with van der Waals surface area (Å²) in [6, 6.07) is 10.6. The molecule has 0 aromatic heterocycles. The maximum Gasteiger partial charge on any atom is 0.341 e. The number of rotatable bonds is 4. The fourth-order valence-corrected chi connectivity index (χ4v) is 1.85. The third-order valence-corrected chi connectivity index (χ3v) is 2.85. The van der Waals surface area contributed by atoms with Crippen molar-refractivity contribution in [3.05, 3.63) is 64.4 Å². The van der Waals surface area contributed by atoms with E-state index in [9.17, 15) is 9.18 Å². The number of halogens is 2. The van der Waals surface area contributed by atoms with E-state index in [0.717, 1.165) is 0 Å². The van der Waals surface area contributed by atoms with Crippen LogP contribution >= 0.6 is 11.6 Å². The second-order valence-corrected chi connectivity index (χ2v) is 4.21. The summed E-state index contributed by atoms with van der Waals surface area (Å²) >= 11 is 5.80. The monoisotopic (exact) mass is 280 g/mol. The number of carbonyl (C=O) groups is 1. The largest absolute Gasteiger partial charge is 0.488 e. The van der Waals surface area contributed by atoms with Gasteiger partial charge in [0, 0.05) is 5.56 Å². The van der Waals surface area contributed by atoms with Crippen LogP contribution in [0.3, 0.4) is 0 Å². The molecule has 5 heteroatoms. The van der Waals surface area contributed by atoms with Gasteiger partial charge in [0.1, 0.15) is 23.7 Å². The molecule has 0 unspecified atom stereocenters. The molecule has 0 heterocycles. The minimum Gasteiger partial charge on any atom is -0.488 e. The molecule has 0 atom stereocenters. The van der Waals surface area contributed by atoms with Gasteiger partial charge in [-0.1, -0.05) is 35.9 Å². The Labute approximate surface area is 114 Å². The molecule has 0 aliphatic carbocycles. The van der Waals surface area contributed by atoms with Crippen molar-refractivity contribution in [2.75, 3.05) is 0 Å². The zero-order valence-corrected chi connectivity index (χ0v) is 10.5. The van der Waals surface area contributed by atoms with Gasteiger partial charge in [0.05, 0.1) is 5.02 Å². The lowest BCUT2D eigenvalue weighted by atomic mass is 10.2. The summed E-state index contributed by atoms with van der Waals surface area (Å²) in [4.78, 5) is 11.1. The standard InChI is InChI=1S/C14H10ClFO3/c15-10-5-3-7-12(13(10)14(17)18)19-8-9-4-1-2-6-11(9)16/h1-7H,8H2,(H,17,18). The van der Waals surface area contributed by atoms with Gasteiger partial charge in [-0.25, -0.2) is 9.18 Å². The zero-order valence-electron chi connectivity index (χ0n) is 9.77. The molecule has 2 rings (SSSR count). The highest BCUT2D eigenvalue weighted by Crippen LogP contribution is 2.27. The van der Waals surface area contributed by atoms with Gasteiger partial charge in [-0.2, -0.15) is 0 Å². The quantitative estimate of drug-likeness (QED) is 0.927. The molecule has 2 aromatic carbocycles. The molecule has 2 aromatic rings. The predicted octanol–water partition coefficient (Wildman–Crippen LogP) is 3.76.